The molecule has 3 aromatic carbocycles. The van der Waals surface area contributed by atoms with E-state index in [9.17, 15) is 23.1 Å². The van der Waals surface area contributed by atoms with E-state index in [1.807, 2.05) is 0 Å². The third-order valence-electron chi connectivity index (χ3n) is 5.22. The summed E-state index contributed by atoms with van der Waals surface area (Å²) in [5.74, 6) is -1.52. The molecular formula is C26H22N2O6S. The van der Waals surface area contributed by atoms with Crippen LogP contribution in [0.4, 0.5) is 5.69 Å². The zero-order chi connectivity index (χ0) is 24.8. The number of anilines is 1. The molecule has 0 spiro atoms. The monoisotopic (exact) mass is 490 g/mol. The highest BCUT2D eigenvalue weighted by atomic mass is 32.2. The molecule has 9 heteroatoms. The van der Waals surface area contributed by atoms with E-state index in [0.29, 0.717) is 22.4 Å². The highest BCUT2D eigenvalue weighted by Gasteiger charge is 2.26. The van der Waals surface area contributed by atoms with Crippen molar-refractivity contribution in [3.63, 3.8) is 0 Å². The van der Waals surface area contributed by atoms with E-state index in [1.54, 1.807) is 78.9 Å². The highest BCUT2D eigenvalue weighted by Crippen LogP contribution is 2.25. The number of carboxylic acid groups (broad SMARTS) is 1. The summed E-state index contributed by atoms with van der Waals surface area (Å²) in [6, 6.07) is 23.7. The Morgan fingerprint density at radius 1 is 0.857 bits per heavy atom. The number of carbonyl (C=O) groups is 2. The summed E-state index contributed by atoms with van der Waals surface area (Å²) in [4.78, 5) is 23.9. The van der Waals surface area contributed by atoms with Gasteiger partial charge in [0.1, 0.15) is 6.04 Å². The fourth-order valence-electron chi connectivity index (χ4n) is 3.50. The van der Waals surface area contributed by atoms with Crippen LogP contribution >= 0.6 is 0 Å². The van der Waals surface area contributed by atoms with Crippen LogP contribution in [0, 0.1) is 0 Å². The number of nitrogens with one attached hydrogen (secondary N) is 2. The smallest absolute Gasteiger partial charge is 0.322 e. The van der Waals surface area contributed by atoms with Gasteiger partial charge in [0, 0.05) is 5.69 Å². The number of aliphatic carboxylic acids is 1. The second-order valence-electron chi connectivity index (χ2n) is 7.74. The molecule has 1 heterocycles. The maximum Gasteiger partial charge on any atom is 0.322 e. The molecule has 3 N–H and O–H groups in total. The van der Waals surface area contributed by atoms with Gasteiger partial charge in [0.25, 0.3) is 5.91 Å². The molecule has 0 radical (unpaired) electrons. The third kappa shape index (κ3) is 6.03. The average molecular weight is 491 g/mol. The lowest BCUT2D eigenvalue weighted by Gasteiger charge is -2.15. The average Bonchev–Trinajstić information content (AvgIpc) is 3.40. The fourth-order valence-corrected chi connectivity index (χ4v) is 4.74. The normalized spacial score (nSPS) is 12.1. The summed E-state index contributed by atoms with van der Waals surface area (Å²) in [5.41, 5.74) is 2.45. The van der Waals surface area contributed by atoms with Gasteiger partial charge in [-0.3, -0.25) is 9.59 Å². The Bertz CT molecular complexity index is 1430. The minimum atomic E-state index is -4.13. The lowest BCUT2D eigenvalue weighted by molar-refractivity contribution is -0.138. The van der Waals surface area contributed by atoms with Crippen molar-refractivity contribution in [2.45, 2.75) is 17.4 Å². The van der Waals surface area contributed by atoms with Gasteiger partial charge in [0.05, 0.1) is 11.2 Å². The number of hydrogen-bond donors (Lipinski definition) is 3. The first-order chi connectivity index (χ1) is 16.8. The van der Waals surface area contributed by atoms with Crippen molar-refractivity contribution in [1.29, 1.82) is 0 Å². The number of furan rings is 1. The molecule has 0 fully saturated rings. The predicted octanol–water partition coefficient (Wildman–Crippen LogP) is 4.17. The Hall–Kier alpha value is -4.21. The molecule has 0 aliphatic heterocycles. The van der Waals surface area contributed by atoms with Crippen LogP contribution in [0.15, 0.2) is 107 Å². The molecule has 0 saturated carbocycles. The van der Waals surface area contributed by atoms with Crippen molar-refractivity contribution in [2.75, 3.05) is 5.32 Å². The third-order valence-corrected chi connectivity index (χ3v) is 6.69. The van der Waals surface area contributed by atoms with Crippen LogP contribution in [0.3, 0.4) is 0 Å². The highest BCUT2D eigenvalue weighted by molar-refractivity contribution is 7.89. The topological polar surface area (TPSA) is 126 Å². The summed E-state index contributed by atoms with van der Waals surface area (Å²) >= 11 is 0. The minimum absolute atomic E-state index is 0.00645. The van der Waals surface area contributed by atoms with Crippen molar-refractivity contribution in [3.8, 4) is 11.1 Å². The standard InChI is InChI=1S/C26H22N2O6S/c29-25(24-13-6-14-34-24)27-21-11-4-9-19(16-21)20-10-5-12-22(17-20)35(32,33)28-23(26(30)31)15-18-7-2-1-3-8-18/h1-14,16-17,23,28H,15H2,(H,27,29)(H,30,31)/t23-/m1/s1. The number of carboxylic acids is 1. The molecule has 1 atom stereocenters. The van der Waals surface area contributed by atoms with Crippen molar-refractivity contribution >= 4 is 27.6 Å². The van der Waals surface area contributed by atoms with E-state index in [-0.39, 0.29) is 17.1 Å². The molecule has 4 aromatic rings. The second kappa shape index (κ2) is 10.4. The molecule has 1 amide bonds. The molecule has 0 aliphatic rings. The van der Waals surface area contributed by atoms with E-state index in [4.69, 9.17) is 4.42 Å². The summed E-state index contributed by atoms with van der Waals surface area (Å²) in [7, 11) is -4.13. The Labute approximate surface area is 202 Å². The zero-order valence-electron chi connectivity index (χ0n) is 18.4. The van der Waals surface area contributed by atoms with Gasteiger partial charge in [0.15, 0.2) is 5.76 Å². The number of sulfonamides is 1. The van der Waals surface area contributed by atoms with E-state index in [0.717, 1.165) is 0 Å². The first kappa shape index (κ1) is 23.9. The number of hydrogen-bond acceptors (Lipinski definition) is 5. The van der Waals surface area contributed by atoms with E-state index < -0.39 is 27.9 Å². The van der Waals surface area contributed by atoms with Crippen molar-refractivity contribution < 1.29 is 27.5 Å². The van der Waals surface area contributed by atoms with Gasteiger partial charge >= 0.3 is 5.97 Å². The molecule has 0 aliphatic carbocycles. The van der Waals surface area contributed by atoms with Gasteiger partial charge in [-0.15, -0.1) is 0 Å². The Balaban J connectivity index is 1.55. The molecule has 0 unspecified atom stereocenters. The molecule has 35 heavy (non-hydrogen) atoms. The molecule has 1 aromatic heterocycles. The number of amides is 1. The lowest BCUT2D eigenvalue weighted by Crippen LogP contribution is -2.42. The Kier molecular flexibility index (Phi) is 7.09. The summed E-state index contributed by atoms with van der Waals surface area (Å²) in [6.45, 7) is 0. The zero-order valence-corrected chi connectivity index (χ0v) is 19.2. The SMILES string of the molecule is O=C(Nc1cccc(-c2cccc(S(=O)(=O)N[C@H](Cc3ccccc3)C(=O)O)c2)c1)c1ccco1. The van der Waals surface area contributed by atoms with Crippen molar-refractivity contribution in [2.24, 2.45) is 0 Å². The lowest BCUT2D eigenvalue weighted by atomic mass is 10.1. The quantitative estimate of drug-likeness (QED) is 0.323. The predicted molar refractivity (Wildman–Crippen MR) is 130 cm³/mol. The second-order valence-corrected chi connectivity index (χ2v) is 9.46. The minimum Gasteiger partial charge on any atom is -0.480 e. The summed E-state index contributed by atoms with van der Waals surface area (Å²) in [5, 5.41) is 12.3. The van der Waals surface area contributed by atoms with E-state index >= 15 is 0 Å². The van der Waals surface area contributed by atoms with Crippen LogP contribution in [0.2, 0.25) is 0 Å². The van der Waals surface area contributed by atoms with E-state index in [1.165, 1.54) is 18.4 Å². The molecule has 178 valence electrons. The Morgan fingerprint density at radius 3 is 2.26 bits per heavy atom. The fraction of sp³-hybridized carbons (Fsp3) is 0.0769. The maximum absolute atomic E-state index is 13.0. The van der Waals surface area contributed by atoms with Gasteiger partial charge in [0.2, 0.25) is 10.0 Å². The largest absolute Gasteiger partial charge is 0.480 e. The summed E-state index contributed by atoms with van der Waals surface area (Å²) in [6.07, 6.45) is 1.41. The van der Waals surface area contributed by atoms with Crippen molar-refractivity contribution in [1.82, 2.24) is 4.72 Å². The first-order valence-corrected chi connectivity index (χ1v) is 12.1. The molecular weight excluding hydrogens is 468 g/mol. The van der Waals surface area contributed by atoms with Crippen LogP contribution in [0.5, 0.6) is 0 Å². The van der Waals surface area contributed by atoms with Gasteiger partial charge < -0.3 is 14.8 Å². The van der Waals surface area contributed by atoms with Gasteiger partial charge in [-0.1, -0.05) is 54.6 Å². The van der Waals surface area contributed by atoms with Crippen molar-refractivity contribution in [3.05, 3.63) is 109 Å². The molecule has 0 saturated heterocycles. The van der Waals surface area contributed by atoms with E-state index in [2.05, 4.69) is 10.0 Å². The number of carbonyl (C=O) groups excluding carboxylic acids is 1. The first-order valence-electron chi connectivity index (χ1n) is 10.7. The number of benzene rings is 3. The van der Waals surface area contributed by atoms with Crippen LogP contribution in [-0.2, 0) is 21.2 Å². The van der Waals surface area contributed by atoms with Gasteiger partial charge in [-0.2, -0.15) is 4.72 Å². The summed E-state index contributed by atoms with van der Waals surface area (Å²) < 4.78 is 33.4. The van der Waals surface area contributed by atoms with Crippen LogP contribution < -0.4 is 10.0 Å². The Morgan fingerprint density at radius 2 is 1.57 bits per heavy atom. The van der Waals surface area contributed by atoms with Gasteiger partial charge in [-0.05, 0) is 59.5 Å². The van der Waals surface area contributed by atoms with Crippen LogP contribution in [-0.4, -0.2) is 31.4 Å². The maximum atomic E-state index is 13.0. The van der Waals surface area contributed by atoms with Gasteiger partial charge in [-0.25, -0.2) is 8.42 Å². The van der Waals surface area contributed by atoms with Crippen LogP contribution in [0.1, 0.15) is 16.1 Å². The molecule has 0 bridgehead atoms. The molecule has 8 nitrogen and oxygen atoms in total. The number of rotatable bonds is 9. The van der Waals surface area contributed by atoms with Crippen LogP contribution in [0.25, 0.3) is 11.1 Å². The molecule has 4 rings (SSSR count).